The maximum absolute atomic E-state index is 13.2. The van der Waals surface area contributed by atoms with Gasteiger partial charge in [0.25, 0.3) is 0 Å². The van der Waals surface area contributed by atoms with E-state index in [0.717, 1.165) is 67.7 Å². The van der Waals surface area contributed by atoms with Crippen molar-refractivity contribution in [1.82, 2.24) is 9.47 Å². The number of likely N-dealkylation sites (tertiary alicyclic amines) is 1. The molecule has 0 amide bonds. The summed E-state index contributed by atoms with van der Waals surface area (Å²) < 4.78 is 21.1. The Balaban J connectivity index is 1.29. The second-order valence-corrected chi connectivity index (χ2v) is 7.51. The number of hydrogen-bond donors (Lipinski definition) is 1. The summed E-state index contributed by atoms with van der Waals surface area (Å²) in [5.41, 5.74) is 2.02. The van der Waals surface area contributed by atoms with E-state index in [2.05, 4.69) is 17.0 Å². The molecule has 1 aliphatic rings. The molecule has 1 aromatic heterocycles. The number of aromatic nitrogens is 1. The summed E-state index contributed by atoms with van der Waals surface area (Å²) in [6, 6.07) is 14.7. The highest BCUT2D eigenvalue weighted by Crippen LogP contribution is 2.25. The van der Waals surface area contributed by atoms with Crippen molar-refractivity contribution < 1.29 is 14.2 Å². The van der Waals surface area contributed by atoms with Crippen molar-refractivity contribution in [3.63, 3.8) is 0 Å². The predicted molar refractivity (Wildman–Crippen MR) is 110 cm³/mol. The molecule has 0 spiro atoms. The molecule has 2 heterocycles. The van der Waals surface area contributed by atoms with Crippen LogP contribution in [-0.2, 0) is 0 Å². The third kappa shape index (κ3) is 4.54. The molecular formula is C23H27FN2O2. The topological polar surface area (TPSA) is 37.6 Å². The Morgan fingerprint density at radius 2 is 1.79 bits per heavy atom. The van der Waals surface area contributed by atoms with Crippen molar-refractivity contribution in [2.24, 2.45) is 0 Å². The van der Waals surface area contributed by atoms with Crippen molar-refractivity contribution in [2.75, 3.05) is 26.2 Å². The standard InChI is InChI=1S/C23H27FN2O2/c24-19-3-5-20(6-4-19)26-15-9-18-17-22(7-8-23(18)26)28-16-2-1-12-25-13-10-21(27)11-14-25/h3-9,15,17,21,27H,1-2,10-14,16H2. The number of hydrogen-bond acceptors (Lipinski definition) is 3. The lowest BCUT2D eigenvalue weighted by Crippen LogP contribution is -2.36. The molecule has 1 fully saturated rings. The van der Waals surface area contributed by atoms with E-state index in [1.54, 1.807) is 12.1 Å². The highest BCUT2D eigenvalue weighted by molar-refractivity contribution is 5.83. The van der Waals surface area contributed by atoms with Gasteiger partial charge in [-0.25, -0.2) is 4.39 Å². The van der Waals surface area contributed by atoms with E-state index >= 15 is 0 Å². The highest BCUT2D eigenvalue weighted by atomic mass is 19.1. The Hall–Kier alpha value is -2.37. The Morgan fingerprint density at radius 3 is 2.57 bits per heavy atom. The van der Waals surface area contributed by atoms with Gasteiger partial charge in [0.1, 0.15) is 11.6 Å². The van der Waals surface area contributed by atoms with Gasteiger partial charge in [-0.1, -0.05) is 0 Å². The zero-order valence-electron chi connectivity index (χ0n) is 16.1. The minimum atomic E-state index is -0.228. The number of rotatable bonds is 7. The lowest BCUT2D eigenvalue weighted by Gasteiger charge is -2.29. The zero-order chi connectivity index (χ0) is 19.3. The van der Waals surface area contributed by atoms with Crippen molar-refractivity contribution in [1.29, 1.82) is 0 Å². The molecule has 2 aromatic carbocycles. The van der Waals surface area contributed by atoms with Gasteiger partial charge in [0.15, 0.2) is 0 Å². The number of piperidine rings is 1. The molecule has 1 N–H and O–H groups in total. The van der Waals surface area contributed by atoms with Crippen LogP contribution in [-0.4, -0.2) is 46.9 Å². The molecule has 3 aromatic rings. The molecule has 0 atom stereocenters. The molecule has 4 nitrogen and oxygen atoms in total. The van der Waals surface area contributed by atoms with Crippen molar-refractivity contribution >= 4 is 10.9 Å². The van der Waals surface area contributed by atoms with Gasteiger partial charge in [0.05, 0.1) is 18.2 Å². The fraction of sp³-hybridized carbons (Fsp3) is 0.391. The van der Waals surface area contributed by atoms with Gasteiger partial charge >= 0.3 is 0 Å². The normalized spacial score (nSPS) is 15.9. The molecule has 0 bridgehead atoms. The average molecular weight is 382 g/mol. The molecule has 148 valence electrons. The van der Waals surface area contributed by atoms with E-state index in [9.17, 15) is 9.50 Å². The van der Waals surface area contributed by atoms with Crippen LogP contribution >= 0.6 is 0 Å². The molecule has 28 heavy (non-hydrogen) atoms. The van der Waals surface area contributed by atoms with Gasteiger partial charge in [0, 0.05) is 30.4 Å². The highest BCUT2D eigenvalue weighted by Gasteiger charge is 2.16. The van der Waals surface area contributed by atoms with Crippen LogP contribution in [0.4, 0.5) is 4.39 Å². The Kier molecular flexibility index (Phi) is 5.93. The van der Waals surface area contributed by atoms with Crippen LogP contribution in [0.3, 0.4) is 0 Å². The summed E-state index contributed by atoms with van der Waals surface area (Å²) in [5.74, 6) is 0.652. The molecule has 1 saturated heterocycles. The molecular weight excluding hydrogens is 355 g/mol. The fourth-order valence-electron chi connectivity index (χ4n) is 3.81. The number of ether oxygens (including phenoxy) is 1. The van der Waals surface area contributed by atoms with Crippen LogP contribution in [0.15, 0.2) is 54.7 Å². The average Bonchev–Trinajstić information content (AvgIpc) is 3.13. The summed E-state index contributed by atoms with van der Waals surface area (Å²) in [5, 5.41) is 10.7. The predicted octanol–water partition coefficient (Wildman–Crippen LogP) is 4.39. The minimum absolute atomic E-state index is 0.104. The molecule has 0 radical (unpaired) electrons. The van der Waals surface area contributed by atoms with E-state index in [0.29, 0.717) is 6.61 Å². The van der Waals surface area contributed by atoms with Crippen LogP contribution in [0.5, 0.6) is 5.75 Å². The Morgan fingerprint density at radius 1 is 1.00 bits per heavy atom. The van der Waals surface area contributed by atoms with Crippen LogP contribution in [0.25, 0.3) is 16.6 Å². The number of nitrogens with zero attached hydrogens (tertiary/aromatic N) is 2. The number of aliphatic hydroxyl groups excluding tert-OH is 1. The number of aliphatic hydroxyl groups is 1. The summed E-state index contributed by atoms with van der Waals surface area (Å²) >= 11 is 0. The summed E-state index contributed by atoms with van der Waals surface area (Å²) in [7, 11) is 0. The molecule has 0 unspecified atom stereocenters. The number of benzene rings is 2. The lowest BCUT2D eigenvalue weighted by atomic mass is 10.1. The largest absolute Gasteiger partial charge is 0.494 e. The van der Waals surface area contributed by atoms with Crippen LogP contribution in [0.1, 0.15) is 25.7 Å². The number of fused-ring (bicyclic) bond motifs is 1. The van der Waals surface area contributed by atoms with Gasteiger partial charge in [-0.05, 0) is 80.8 Å². The summed E-state index contributed by atoms with van der Waals surface area (Å²) in [4.78, 5) is 2.43. The third-order valence-corrected chi connectivity index (χ3v) is 5.46. The van der Waals surface area contributed by atoms with Crippen molar-refractivity contribution in [3.05, 3.63) is 60.5 Å². The van der Waals surface area contributed by atoms with Gasteiger partial charge in [0.2, 0.25) is 0 Å². The smallest absolute Gasteiger partial charge is 0.123 e. The van der Waals surface area contributed by atoms with Crippen LogP contribution < -0.4 is 4.74 Å². The summed E-state index contributed by atoms with van der Waals surface area (Å²) in [6.07, 6.45) is 5.82. The first-order valence-electron chi connectivity index (χ1n) is 10.1. The zero-order valence-corrected chi connectivity index (χ0v) is 16.1. The molecule has 5 heteroatoms. The van der Waals surface area contributed by atoms with E-state index in [1.807, 2.05) is 22.9 Å². The Labute approximate surface area is 165 Å². The molecule has 1 aliphatic heterocycles. The molecule has 4 rings (SSSR count). The van der Waals surface area contributed by atoms with Crippen LogP contribution in [0.2, 0.25) is 0 Å². The monoisotopic (exact) mass is 382 g/mol. The van der Waals surface area contributed by atoms with E-state index in [1.165, 1.54) is 12.1 Å². The number of halogens is 1. The van der Waals surface area contributed by atoms with Gasteiger partial charge in [-0.15, -0.1) is 0 Å². The first-order valence-corrected chi connectivity index (χ1v) is 10.1. The summed E-state index contributed by atoms with van der Waals surface area (Å²) in [6.45, 7) is 3.80. The maximum atomic E-state index is 13.2. The number of unbranched alkanes of at least 4 members (excludes halogenated alkanes) is 1. The van der Waals surface area contributed by atoms with Gasteiger partial charge < -0.3 is 19.3 Å². The van der Waals surface area contributed by atoms with Crippen molar-refractivity contribution in [2.45, 2.75) is 31.8 Å². The Bertz CT molecular complexity index is 899. The van der Waals surface area contributed by atoms with E-state index in [-0.39, 0.29) is 11.9 Å². The van der Waals surface area contributed by atoms with E-state index in [4.69, 9.17) is 4.74 Å². The molecule has 0 aliphatic carbocycles. The van der Waals surface area contributed by atoms with Crippen LogP contribution in [0, 0.1) is 5.82 Å². The third-order valence-electron chi connectivity index (χ3n) is 5.46. The van der Waals surface area contributed by atoms with Gasteiger partial charge in [-0.2, -0.15) is 0 Å². The quantitative estimate of drug-likeness (QED) is 0.616. The van der Waals surface area contributed by atoms with Gasteiger partial charge in [-0.3, -0.25) is 0 Å². The minimum Gasteiger partial charge on any atom is -0.494 e. The second kappa shape index (κ2) is 8.76. The lowest BCUT2D eigenvalue weighted by molar-refractivity contribution is 0.0812. The molecule has 0 saturated carbocycles. The SMILES string of the molecule is OC1CCN(CCCCOc2ccc3c(ccn3-c3ccc(F)cc3)c2)CC1. The van der Waals surface area contributed by atoms with E-state index < -0.39 is 0 Å². The first kappa shape index (κ1) is 19.0. The maximum Gasteiger partial charge on any atom is 0.123 e. The van der Waals surface area contributed by atoms with Crippen molar-refractivity contribution in [3.8, 4) is 11.4 Å². The first-order chi connectivity index (χ1) is 13.7. The fourth-order valence-corrected chi connectivity index (χ4v) is 3.81. The second-order valence-electron chi connectivity index (χ2n) is 7.51.